The maximum absolute atomic E-state index is 12.7. The highest BCUT2D eigenvalue weighted by Gasteiger charge is 2.35. The molecule has 5 rings (SSSR count). The SMILES string of the molecule is COc1c2c(c(CSc3nc(-c4ccccc4)c(-c4ccccc4)[nH]3)c(OC)c1OC)C(=O)OC2. The molecular formula is C27H24N2O5S. The van der Waals surface area contributed by atoms with Gasteiger partial charge in [-0.2, -0.15) is 0 Å². The van der Waals surface area contributed by atoms with Gasteiger partial charge < -0.3 is 23.9 Å². The van der Waals surface area contributed by atoms with Crippen molar-refractivity contribution in [2.75, 3.05) is 21.3 Å². The Bertz CT molecular complexity index is 1310. The molecule has 0 aliphatic carbocycles. The zero-order valence-corrected chi connectivity index (χ0v) is 20.4. The molecule has 7 nitrogen and oxygen atoms in total. The molecule has 0 bridgehead atoms. The monoisotopic (exact) mass is 488 g/mol. The fourth-order valence-electron chi connectivity index (χ4n) is 4.31. The molecule has 3 aromatic carbocycles. The van der Waals surface area contributed by atoms with Crippen molar-refractivity contribution < 1.29 is 23.7 Å². The van der Waals surface area contributed by atoms with Crippen LogP contribution in [0.15, 0.2) is 65.8 Å². The number of imidazole rings is 1. The summed E-state index contributed by atoms with van der Waals surface area (Å²) < 4.78 is 22.2. The number of hydrogen-bond acceptors (Lipinski definition) is 7. The van der Waals surface area contributed by atoms with Crippen LogP contribution in [0.4, 0.5) is 0 Å². The Labute approximate surface area is 207 Å². The molecule has 35 heavy (non-hydrogen) atoms. The number of aromatic amines is 1. The van der Waals surface area contributed by atoms with Crippen molar-refractivity contribution >= 4 is 17.7 Å². The molecule has 178 valence electrons. The molecule has 1 aliphatic heterocycles. The Morgan fingerprint density at radius 1 is 0.886 bits per heavy atom. The predicted octanol–water partition coefficient (Wildman–Crippen LogP) is 5.73. The second-order valence-electron chi connectivity index (χ2n) is 7.79. The van der Waals surface area contributed by atoms with Gasteiger partial charge in [-0.1, -0.05) is 72.4 Å². The number of H-pyrrole nitrogens is 1. The number of esters is 1. The molecule has 2 heterocycles. The van der Waals surface area contributed by atoms with E-state index in [0.29, 0.717) is 39.7 Å². The van der Waals surface area contributed by atoms with Gasteiger partial charge in [0.2, 0.25) is 5.75 Å². The molecule has 0 saturated carbocycles. The van der Waals surface area contributed by atoms with Crippen molar-refractivity contribution in [3.63, 3.8) is 0 Å². The number of fused-ring (bicyclic) bond motifs is 1. The van der Waals surface area contributed by atoms with E-state index in [4.69, 9.17) is 23.9 Å². The maximum atomic E-state index is 12.7. The molecule has 0 unspecified atom stereocenters. The Morgan fingerprint density at radius 2 is 1.51 bits per heavy atom. The number of nitrogens with one attached hydrogen (secondary N) is 1. The van der Waals surface area contributed by atoms with Crippen LogP contribution in [0.25, 0.3) is 22.5 Å². The van der Waals surface area contributed by atoms with E-state index in [1.165, 1.54) is 18.9 Å². The molecule has 1 N–H and O–H groups in total. The summed E-state index contributed by atoms with van der Waals surface area (Å²) >= 11 is 1.48. The summed E-state index contributed by atoms with van der Waals surface area (Å²) in [6.07, 6.45) is 0. The van der Waals surface area contributed by atoms with E-state index in [1.54, 1.807) is 14.2 Å². The summed E-state index contributed by atoms with van der Waals surface area (Å²) in [7, 11) is 4.63. The third-order valence-electron chi connectivity index (χ3n) is 5.87. The lowest BCUT2D eigenvalue weighted by Gasteiger charge is -2.18. The Hall–Kier alpha value is -3.91. The number of benzene rings is 3. The van der Waals surface area contributed by atoms with Crippen molar-refractivity contribution in [3.05, 3.63) is 77.4 Å². The zero-order valence-electron chi connectivity index (χ0n) is 19.6. The average molecular weight is 489 g/mol. The first-order valence-electron chi connectivity index (χ1n) is 11.0. The smallest absolute Gasteiger partial charge is 0.339 e. The van der Waals surface area contributed by atoms with Crippen molar-refractivity contribution in [1.29, 1.82) is 0 Å². The fraction of sp³-hybridized carbons (Fsp3) is 0.185. The van der Waals surface area contributed by atoms with Crippen LogP contribution in [0.5, 0.6) is 17.2 Å². The first-order valence-corrected chi connectivity index (χ1v) is 12.0. The van der Waals surface area contributed by atoms with Crippen LogP contribution in [-0.4, -0.2) is 37.3 Å². The van der Waals surface area contributed by atoms with E-state index < -0.39 is 5.97 Å². The van der Waals surface area contributed by atoms with Gasteiger partial charge in [0, 0.05) is 22.4 Å². The van der Waals surface area contributed by atoms with Gasteiger partial charge >= 0.3 is 5.97 Å². The number of carbonyl (C=O) groups is 1. The van der Waals surface area contributed by atoms with Gasteiger partial charge in [0.05, 0.1) is 43.8 Å². The topological polar surface area (TPSA) is 82.7 Å². The van der Waals surface area contributed by atoms with Gasteiger partial charge in [-0.05, 0) is 0 Å². The molecule has 0 radical (unpaired) electrons. The minimum Gasteiger partial charge on any atom is -0.492 e. The Morgan fingerprint density at radius 3 is 2.14 bits per heavy atom. The Kier molecular flexibility index (Phi) is 6.37. The first-order chi connectivity index (χ1) is 17.2. The van der Waals surface area contributed by atoms with Crippen molar-refractivity contribution in [2.24, 2.45) is 0 Å². The van der Waals surface area contributed by atoms with Crippen molar-refractivity contribution in [3.8, 4) is 39.8 Å². The molecule has 0 fully saturated rings. The van der Waals surface area contributed by atoms with E-state index in [0.717, 1.165) is 27.7 Å². The number of aromatic nitrogens is 2. The average Bonchev–Trinajstić information content (AvgIpc) is 3.51. The molecular weight excluding hydrogens is 464 g/mol. The lowest BCUT2D eigenvalue weighted by Crippen LogP contribution is -2.06. The standard InChI is InChI=1S/C27H24N2O5S/c1-31-23-18-14-34-26(30)20(18)19(24(32-2)25(23)33-3)15-35-27-28-21(16-10-6-4-7-11-16)22(29-27)17-12-8-5-9-13-17/h4-13H,14-15H2,1-3H3,(H,28,29). The number of thioether (sulfide) groups is 1. The van der Waals surface area contributed by atoms with Crippen LogP contribution in [-0.2, 0) is 17.1 Å². The number of hydrogen-bond donors (Lipinski definition) is 1. The third kappa shape index (κ3) is 4.10. The summed E-state index contributed by atoms with van der Waals surface area (Å²) in [6, 6.07) is 20.1. The normalized spacial score (nSPS) is 12.3. The highest BCUT2D eigenvalue weighted by molar-refractivity contribution is 7.98. The molecule has 1 aromatic heterocycles. The summed E-state index contributed by atoms with van der Waals surface area (Å²) in [5, 5.41) is 0.722. The van der Waals surface area contributed by atoms with Crippen LogP contribution in [0.1, 0.15) is 21.5 Å². The highest BCUT2D eigenvalue weighted by atomic mass is 32.2. The second kappa shape index (κ2) is 9.76. The van der Waals surface area contributed by atoms with Crippen LogP contribution in [0.3, 0.4) is 0 Å². The molecule has 0 atom stereocenters. The minimum atomic E-state index is -0.399. The van der Waals surface area contributed by atoms with Gasteiger partial charge in [-0.15, -0.1) is 0 Å². The summed E-state index contributed by atoms with van der Waals surface area (Å²) in [5.41, 5.74) is 5.67. The van der Waals surface area contributed by atoms with Gasteiger partial charge in [0.25, 0.3) is 0 Å². The third-order valence-corrected chi connectivity index (χ3v) is 6.77. The zero-order chi connectivity index (χ0) is 24.4. The number of methoxy groups -OCH3 is 3. The highest BCUT2D eigenvalue weighted by Crippen LogP contribution is 2.49. The van der Waals surface area contributed by atoms with Crippen molar-refractivity contribution in [1.82, 2.24) is 9.97 Å². The molecule has 0 saturated heterocycles. The van der Waals surface area contributed by atoms with E-state index in [2.05, 4.69) is 17.1 Å². The number of carbonyl (C=O) groups excluding carboxylic acids is 1. The molecule has 4 aromatic rings. The summed E-state index contributed by atoms with van der Waals surface area (Å²) in [6.45, 7) is 0.131. The molecule has 1 aliphatic rings. The van der Waals surface area contributed by atoms with E-state index in [9.17, 15) is 4.79 Å². The van der Waals surface area contributed by atoms with Gasteiger partial charge in [0.15, 0.2) is 16.7 Å². The van der Waals surface area contributed by atoms with E-state index >= 15 is 0 Å². The van der Waals surface area contributed by atoms with Gasteiger partial charge in [-0.25, -0.2) is 9.78 Å². The largest absolute Gasteiger partial charge is 0.492 e. The van der Waals surface area contributed by atoms with Crippen LogP contribution < -0.4 is 14.2 Å². The van der Waals surface area contributed by atoms with Crippen LogP contribution >= 0.6 is 11.8 Å². The summed E-state index contributed by atoms with van der Waals surface area (Å²) in [4.78, 5) is 21.0. The van der Waals surface area contributed by atoms with Gasteiger partial charge in [0.1, 0.15) is 6.61 Å². The number of nitrogens with zero attached hydrogens (tertiary/aromatic N) is 1. The maximum Gasteiger partial charge on any atom is 0.339 e. The predicted molar refractivity (Wildman–Crippen MR) is 134 cm³/mol. The fourth-order valence-corrected chi connectivity index (χ4v) is 5.20. The quantitative estimate of drug-likeness (QED) is 0.250. The van der Waals surface area contributed by atoms with E-state index in [-0.39, 0.29) is 6.61 Å². The van der Waals surface area contributed by atoms with Crippen molar-refractivity contribution in [2.45, 2.75) is 17.5 Å². The summed E-state index contributed by atoms with van der Waals surface area (Å²) in [5.74, 6) is 1.36. The lowest BCUT2D eigenvalue weighted by atomic mass is 10.0. The van der Waals surface area contributed by atoms with E-state index in [1.807, 2.05) is 48.5 Å². The molecule has 8 heteroatoms. The molecule has 0 spiro atoms. The molecule has 0 amide bonds. The van der Waals surface area contributed by atoms with Gasteiger partial charge in [-0.3, -0.25) is 0 Å². The first kappa shape index (κ1) is 22.9. The van der Waals surface area contributed by atoms with Crippen LogP contribution in [0, 0.1) is 0 Å². The minimum absolute atomic E-state index is 0.131. The second-order valence-corrected chi connectivity index (χ2v) is 8.76. The Balaban J connectivity index is 1.56. The number of rotatable bonds is 8. The lowest BCUT2D eigenvalue weighted by molar-refractivity contribution is 0.0533. The number of ether oxygens (including phenoxy) is 4. The number of cyclic esters (lactones) is 1. The van der Waals surface area contributed by atoms with Crippen LogP contribution in [0.2, 0.25) is 0 Å².